The van der Waals surface area contributed by atoms with Crippen molar-refractivity contribution in [2.45, 2.75) is 19.8 Å². The predicted octanol–water partition coefficient (Wildman–Crippen LogP) is 1.81. The van der Waals surface area contributed by atoms with Gasteiger partial charge in [-0.2, -0.15) is 0 Å². The van der Waals surface area contributed by atoms with Crippen molar-refractivity contribution >= 4 is 11.8 Å². The van der Waals surface area contributed by atoms with E-state index in [1.807, 2.05) is 6.92 Å². The number of nitro groups is 1. The Hall–Kier alpha value is -0.710. The lowest BCUT2D eigenvalue weighted by atomic mass is 10.3. The summed E-state index contributed by atoms with van der Waals surface area (Å²) in [6.07, 6.45) is 3.79. The lowest BCUT2D eigenvalue weighted by Crippen LogP contribution is -2.20. The van der Waals surface area contributed by atoms with Crippen molar-refractivity contribution in [2.24, 2.45) is 0 Å². The van der Waals surface area contributed by atoms with Crippen LogP contribution in [0, 0.1) is 10.1 Å². The van der Waals surface area contributed by atoms with Gasteiger partial charge in [0.2, 0.25) is 0 Å². The molecule has 0 aromatic carbocycles. The average molecular weight is 190 g/mol. The van der Waals surface area contributed by atoms with Crippen LogP contribution < -0.4 is 5.32 Å². The first kappa shape index (κ1) is 11.3. The second-order valence-corrected chi connectivity index (χ2v) is 2.98. The molecule has 0 bridgehead atoms. The van der Waals surface area contributed by atoms with E-state index in [2.05, 4.69) is 5.32 Å². The van der Waals surface area contributed by atoms with Gasteiger partial charge in [-0.1, -0.05) is 13.3 Å². The summed E-state index contributed by atoms with van der Waals surface area (Å²) in [5.74, 6) is 0.0935. The normalized spacial score (nSPS) is 11.3. The molecule has 0 aliphatic heterocycles. The van der Waals surface area contributed by atoms with E-state index in [1.54, 1.807) is 6.26 Å². The molecule has 0 amide bonds. The summed E-state index contributed by atoms with van der Waals surface area (Å²) in [5, 5.41) is 14.6. The fourth-order valence-corrected chi connectivity index (χ4v) is 1.05. The van der Waals surface area contributed by atoms with Crippen LogP contribution in [0.5, 0.6) is 0 Å². The Balaban J connectivity index is 3.81. The van der Waals surface area contributed by atoms with Crippen molar-refractivity contribution in [1.82, 2.24) is 5.32 Å². The number of hydrogen-bond acceptors (Lipinski definition) is 4. The van der Waals surface area contributed by atoms with E-state index >= 15 is 0 Å². The van der Waals surface area contributed by atoms with Crippen molar-refractivity contribution in [3.05, 3.63) is 21.3 Å². The van der Waals surface area contributed by atoms with Crippen molar-refractivity contribution < 1.29 is 4.92 Å². The fraction of sp³-hybridized carbons (Fsp3) is 0.714. The number of nitrogens with zero attached hydrogens (tertiary/aromatic N) is 1. The van der Waals surface area contributed by atoms with Crippen LogP contribution in [0.25, 0.3) is 0 Å². The minimum absolute atomic E-state index is 0.0935. The van der Waals surface area contributed by atoms with Gasteiger partial charge < -0.3 is 10.1 Å². The van der Waals surface area contributed by atoms with Crippen LogP contribution in [0.4, 0.5) is 0 Å². The van der Waals surface area contributed by atoms with Gasteiger partial charge in [-0.25, -0.2) is 0 Å². The molecule has 0 aromatic heterocycles. The minimum atomic E-state index is -0.397. The first-order chi connectivity index (χ1) is 5.72. The van der Waals surface area contributed by atoms with Gasteiger partial charge in [-0.15, -0.1) is 11.8 Å². The van der Waals surface area contributed by atoms with Crippen LogP contribution in [0.15, 0.2) is 11.2 Å². The zero-order valence-corrected chi connectivity index (χ0v) is 8.19. The molecule has 5 heteroatoms. The number of unbranched alkanes of at least 4 members (excludes halogenated alkanes) is 1. The second kappa shape index (κ2) is 6.97. The molecule has 0 spiro atoms. The number of thioether (sulfide) groups is 1. The van der Waals surface area contributed by atoms with Gasteiger partial charge in [-0.3, -0.25) is 5.32 Å². The zero-order valence-electron chi connectivity index (χ0n) is 7.37. The predicted molar refractivity (Wildman–Crippen MR) is 51.5 cm³/mol. The first-order valence-corrected chi connectivity index (χ1v) is 5.12. The van der Waals surface area contributed by atoms with Crippen LogP contribution in [0.3, 0.4) is 0 Å². The van der Waals surface area contributed by atoms with E-state index in [0.717, 1.165) is 12.8 Å². The maximum absolute atomic E-state index is 10.3. The Morgan fingerprint density at radius 1 is 1.75 bits per heavy atom. The molecule has 4 nitrogen and oxygen atoms in total. The minimum Gasteiger partial charge on any atom is -0.358 e. The van der Waals surface area contributed by atoms with Crippen LogP contribution in [0.1, 0.15) is 19.8 Å². The lowest BCUT2D eigenvalue weighted by molar-refractivity contribution is -0.431. The van der Waals surface area contributed by atoms with E-state index in [-0.39, 0.29) is 5.82 Å². The van der Waals surface area contributed by atoms with E-state index in [4.69, 9.17) is 0 Å². The van der Waals surface area contributed by atoms with E-state index < -0.39 is 4.92 Å². The standard InChI is InChI=1S/C7H14N2O2S/c1-3-4-5-8-7(6-12-2)9(10)11/h6,8H,3-5H2,1-2H3/b7-6-. The van der Waals surface area contributed by atoms with Crippen LogP contribution >= 0.6 is 11.8 Å². The summed E-state index contributed by atoms with van der Waals surface area (Å²) in [6.45, 7) is 2.72. The van der Waals surface area contributed by atoms with Gasteiger partial charge in [0.05, 0.1) is 12.0 Å². The van der Waals surface area contributed by atoms with Crippen molar-refractivity contribution in [2.75, 3.05) is 12.8 Å². The molecular weight excluding hydrogens is 176 g/mol. The summed E-state index contributed by atoms with van der Waals surface area (Å²) >= 11 is 1.33. The molecule has 0 fully saturated rings. The van der Waals surface area contributed by atoms with Crippen molar-refractivity contribution in [1.29, 1.82) is 0 Å². The summed E-state index contributed by atoms with van der Waals surface area (Å²) in [6, 6.07) is 0. The highest BCUT2D eigenvalue weighted by Crippen LogP contribution is 2.00. The van der Waals surface area contributed by atoms with Crippen LogP contribution in [0.2, 0.25) is 0 Å². The summed E-state index contributed by atoms with van der Waals surface area (Å²) in [7, 11) is 0. The molecule has 0 saturated heterocycles. The molecule has 0 atom stereocenters. The van der Waals surface area contributed by atoms with Gasteiger partial charge in [0.15, 0.2) is 0 Å². The molecule has 0 aliphatic rings. The van der Waals surface area contributed by atoms with Gasteiger partial charge in [-0.05, 0) is 17.6 Å². The topological polar surface area (TPSA) is 55.2 Å². The maximum atomic E-state index is 10.3. The molecule has 0 rings (SSSR count). The lowest BCUT2D eigenvalue weighted by Gasteiger charge is -2.01. The molecular formula is C7H14N2O2S. The number of hydrogen-bond donors (Lipinski definition) is 1. The molecule has 0 aliphatic carbocycles. The highest BCUT2D eigenvalue weighted by molar-refractivity contribution is 8.01. The van der Waals surface area contributed by atoms with Gasteiger partial charge in [0, 0.05) is 0 Å². The quantitative estimate of drug-likeness (QED) is 0.394. The maximum Gasteiger partial charge on any atom is 0.322 e. The first-order valence-electron chi connectivity index (χ1n) is 3.83. The van der Waals surface area contributed by atoms with Gasteiger partial charge in [0.1, 0.15) is 0 Å². The Bertz CT molecular complexity index is 171. The summed E-state index contributed by atoms with van der Waals surface area (Å²) in [4.78, 5) is 9.95. The molecule has 70 valence electrons. The average Bonchev–Trinajstić information content (AvgIpc) is 2.03. The summed E-state index contributed by atoms with van der Waals surface area (Å²) in [5.41, 5.74) is 0. The Labute approximate surface area is 76.6 Å². The molecule has 1 N–H and O–H groups in total. The molecule has 0 aromatic rings. The Kier molecular flexibility index (Phi) is 6.55. The molecule has 0 radical (unpaired) electrons. The number of rotatable bonds is 6. The third-order valence-corrected chi connectivity index (χ3v) is 1.72. The second-order valence-electron chi connectivity index (χ2n) is 2.28. The van der Waals surface area contributed by atoms with E-state index in [9.17, 15) is 10.1 Å². The van der Waals surface area contributed by atoms with E-state index in [1.165, 1.54) is 17.2 Å². The molecule has 0 unspecified atom stereocenters. The Morgan fingerprint density at radius 2 is 2.42 bits per heavy atom. The third kappa shape index (κ3) is 5.01. The molecule has 0 saturated carbocycles. The summed E-state index contributed by atoms with van der Waals surface area (Å²) < 4.78 is 0. The highest BCUT2D eigenvalue weighted by Gasteiger charge is 2.04. The van der Waals surface area contributed by atoms with Crippen LogP contribution in [-0.4, -0.2) is 17.7 Å². The highest BCUT2D eigenvalue weighted by atomic mass is 32.2. The van der Waals surface area contributed by atoms with E-state index in [0.29, 0.717) is 6.54 Å². The molecule has 0 heterocycles. The van der Waals surface area contributed by atoms with Gasteiger partial charge in [0.25, 0.3) is 0 Å². The third-order valence-electron chi connectivity index (χ3n) is 1.26. The van der Waals surface area contributed by atoms with Crippen LogP contribution in [-0.2, 0) is 0 Å². The van der Waals surface area contributed by atoms with Crippen molar-refractivity contribution in [3.8, 4) is 0 Å². The fourth-order valence-electron chi connectivity index (χ4n) is 0.654. The SMILES string of the molecule is CCCCN/C(=C/SC)[N+](=O)[O-]. The largest absolute Gasteiger partial charge is 0.358 e. The smallest absolute Gasteiger partial charge is 0.322 e. The Morgan fingerprint density at radius 3 is 2.83 bits per heavy atom. The molecule has 12 heavy (non-hydrogen) atoms. The zero-order chi connectivity index (χ0) is 9.40. The van der Waals surface area contributed by atoms with Crippen molar-refractivity contribution in [3.63, 3.8) is 0 Å². The number of nitrogens with one attached hydrogen (secondary N) is 1. The van der Waals surface area contributed by atoms with Gasteiger partial charge >= 0.3 is 5.82 Å². The monoisotopic (exact) mass is 190 g/mol.